The van der Waals surface area contributed by atoms with E-state index in [4.69, 9.17) is 10.5 Å². The molecular formula is C22H32N4O4+2. The summed E-state index contributed by atoms with van der Waals surface area (Å²) in [5.41, 5.74) is 5.95. The molecule has 30 heavy (non-hydrogen) atoms. The van der Waals surface area contributed by atoms with Gasteiger partial charge in [0.1, 0.15) is 5.75 Å². The number of carbonyl (C=O) groups excluding carboxylic acids is 3. The summed E-state index contributed by atoms with van der Waals surface area (Å²) in [6.07, 6.45) is 5.04. The predicted molar refractivity (Wildman–Crippen MR) is 110 cm³/mol. The van der Waals surface area contributed by atoms with Gasteiger partial charge in [-0.2, -0.15) is 0 Å². The van der Waals surface area contributed by atoms with Crippen LogP contribution in [-0.4, -0.2) is 62.6 Å². The van der Waals surface area contributed by atoms with Crippen LogP contribution in [0.2, 0.25) is 0 Å². The van der Waals surface area contributed by atoms with Gasteiger partial charge in [-0.25, -0.2) is 4.90 Å². The maximum absolute atomic E-state index is 13.1. The Morgan fingerprint density at radius 2 is 1.70 bits per heavy atom. The molecule has 3 saturated heterocycles. The number of nitrogens with two attached hydrogens (primary N) is 1. The Hall–Kier alpha value is -2.45. The van der Waals surface area contributed by atoms with Crippen LogP contribution in [0.1, 0.15) is 38.5 Å². The minimum absolute atomic E-state index is 0.155. The van der Waals surface area contributed by atoms with Crippen LogP contribution >= 0.6 is 0 Å². The van der Waals surface area contributed by atoms with Gasteiger partial charge >= 0.3 is 0 Å². The second-order valence-corrected chi connectivity index (χ2v) is 8.79. The first-order chi connectivity index (χ1) is 14.5. The standard InChI is InChI=1S/C22H30N4O4/c1-30-17-7-5-16(6-8-17)26-19(27)15-18(20(26)28)24-13-9-22(10-14-24,21(23)29)25-11-3-2-4-12-25/h5-8,18H,2-4,9-15H2,1H3,(H2,23,29)/p+2/t18-/m1/s1. The number of hydrogen-bond donors (Lipinski definition) is 3. The van der Waals surface area contributed by atoms with Gasteiger partial charge in [-0.05, 0) is 43.5 Å². The van der Waals surface area contributed by atoms with Gasteiger partial charge in [0.25, 0.3) is 11.8 Å². The molecule has 0 unspecified atom stereocenters. The molecule has 3 aliphatic rings. The van der Waals surface area contributed by atoms with Crippen LogP contribution in [0.15, 0.2) is 24.3 Å². The van der Waals surface area contributed by atoms with Gasteiger partial charge in [-0.15, -0.1) is 0 Å². The number of imide groups is 1. The number of carbonyl (C=O) groups is 3. The van der Waals surface area contributed by atoms with E-state index in [9.17, 15) is 14.4 Å². The largest absolute Gasteiger partial charge is 0.497 e. The summed E-state index contributed by atoms with van der Waals surface area (Å²) in [7, 11) is 1.58. The first-order valence-corrected chi connectivity index (χ1v) is 11.0. The highest BCUT2D eigenvalue weighted by Crippen LogP contribution is 2.25. The van der Waals surface area contributed by atoms with Crippen LogP contribution in [0.4, 0.5) is 5.69 Å². The van der Waals surface area contributed by atoms with E-state index in [0.717, 1.165) is 30.8 Å². The van der Waals surface area contributed by atoms with Gasteiger partial charge in [0.15, 0.2) is 11.6 Å². The highest BCUT2D eigenvalue weighted by atomic mass is 16.5. The fraction of sp³-hybridized carbons (Fsp3) is 0.591. The highest BCUT2D eigenvalue weighted by Gasteiger charge is 2.54. The SMILES string of the molecule is COc1ccc(N2C(=O)C[C@@H]([NH+]3CCC(C(N)=O)([NH+]4CCCCC4)CC3)C2=O)cc1. The summed E-state index contributed by atoms with van der Waals surface area (Å²) >= 11 is 0. The number of methoxy groups -OCH3 is 1. The van der Waals surface area contributed by atoms with Crippen LogP contribution in [0.5, 0.6) is 5.75 Å². The zero-order chi connectivity index (χ0) is 21.3. The first-order valence-electron chi connectivity index (χ1n) is 11.0. The van der Waals surface area contributed by atoms with Gasteiger partial charge in [0, 0.05) is 0 Å². The maximum atomic E-state index is 13.1. The average Bonchev–Trinajstić information content (AvgIpc) is 3.08. The molecule has 3 aliphatic heterocycles. The summed E-state index contributed by atoms with van der Waals surface area (Å²) in [4.78, 5) is 41.9. The number of hydrogen-bond acceptors (Lipinski definition) is 4. The van der Waals surface area contributed by atoms with Crippen LogP contribution in [0.25, 0.3) is 0 Å². The number of amides is 3. The van der Waals surface area contributed by atoms with Gasteiger partial charge in [-0.3, -0.25) is 14.4 Å². The number of primary amides is 1. The molecule has 1 aromatic rings. The Morgan fingerprint density at radius 1 is 1.07 bits per heavy atom. The molecule has 0 radical (unpaired) electrons. The zero-order valence-electron chi connectivity index (χ0n) is 17.6. The lowest BCUT2D eigenvalue weighted by atomic mass is 9.83. The van der Waals surface area contributed by atoms with Crippen molar-refractivity contribution < 1.29 is 28.9 Å². The van der Waals surface area contributed by atoms with Crippen molar-refractivity contribution in [2.75, 3.05) is 38.2 Å². The molecule has 8 heteroatoms. The maximum Gasteiger partial charge on any atom is 0.292 e. The van der Waals surface area contributed by atoms with Crippen molar-refractivity contribution in [3.8, 4) is 5.75 Å². The molecule has 162 valence electrons. The molecule has 4 rings (SSSR count). The highest BCUT2D eigenvalue weighted by molar-refractivity contribution is 6.21. The number of benzene rings is 1. The fourth-order valence-corrected chi connectivity index (χ4v) is 5.53. The Bertz CT molecular complexity index is 811. The van der Waals surface area contributed by atoms with E-state index < -0.39 is 5.54 Å². The smallest absolute Gasteiger partial charge is 0.292 e. The van der Waals surface area contributed by atoms with Crippen molar-refractivity contribution in [1.29, 1.82) is 0 Å². The molecule has 3 heterocycles. The van der Waals surface area contributed by atoms with Crippen LogP contribution in [0, 0.1) is 0 Å². The molecular weight excluding hydrogens is 384 g/mol. The number of quaternary nitrogens is 2. The molecule has 0 spiro atoms. The molecule has 0 aliphatic carbocycles. The van der Waals surface area contributed by atoms with Crippen molar-refractivity contribution >= 4 is 23.4 Å². The van der Waals surface area contributed by atoms with Crippen molar-refractivity contribution in [3.63, 3.8) is 0 Å². The van der Waals surface area contributed by atoms with E-state index in [1.165, 1.54) is 16.2 Å². The second-order valence-electron chi connectivity index (χ2n) is 8.79. The number of rotatable bonds is 5. The van der Waals surface area contributed by atoms with Gasteiger partial charge in [0.2, 0.25) is 5.91 Å². The van der Waals surface area contributed by atoms with E-state index in [0.29, 0.717) is 37.4 Å². The van der Waals surface area contributed by atoms with Crippen molar-refractivity contribution in [2.45, 2.75) is 50.1 Å². The van der Waals surface area contributed by atoms with Crippen LogP contribution in [-0.2, 0) is 14.4 Å². The molecule has 1 atom stereocenters. The quantitative estimate of drug-likeness (QED) is 0.499. The Morgan fingerprint density at radius 3 is 2.27 bits per heavy atom. The Balaban J connectivity index is 1.46. The van der Waals surface area contributed by atoms with E-state index in [-0.39, 0.29) is 30.2 Å². The average molecular weight is 417 g/mol. The molecule has 3 fully saturated rings. The number of nitrogens with one attached hydrogen (secondary N) is 2. The number of anilines is 1. The third-order valence-electron chi connectivity index (χ3n) is 7.32. The van der Waals surface area contributed by atoms with Crippen molar-refractivity contribution in [1.82, 2.24) is 0 Å². The van der Waals surface area contributed by atoms with E-state index in [2.05, 4.69) is 0 Å². The molecule has 4 N–H and O–H groups in total. The number of ether oxygens (including phenoxy) is 1. The minimum atomic E-state index is -0.523. The van der Waals surface area contributed by atoms with E-state index in [1.54, 1.807) is 31.4 Å². The van der Waals surface area contributed by atoms with Gasteiger partial charge in [-0.1, -0.05) is 0 Å². The monoisotopic (exact) mass is 416 g/mol. The lowest BCUT2D eigenvalue weighted by Gasteiger charge is -2.44. The zero-order valence-corrected chi connectivity index (χ0v) is 17.6. The Kier molecular flexibility index (Phi) is 5.79. The molecule has 3 amide bonds. The molecule has 8 nitrogen and oxygen atoms in total. The summed E-state index contributed by atoms with van der Waals surface area (Å²) in [5.74, 6) is 0.138. The summed E-state index contributed by atoms with van der Waals surface area (Å²) in [6, 6.07) is 6.58. The normalized spacial score (nSPS) is 30.5. The first kappa shape index (κ1) is 20.8. The van der Waals surface area contributed by atoms with Crippen molar-refractivity contribution in [3.05, 3.63) is 24.3 Å². The van der Waals surface area contributed by atoms with Gasteiger partial charge in [0.05, 0.1) is 58.2 Å². The van der Waals surface area contributed by atoms with E-state index >= 15 is 0 Å². The third-order valence-corrected chi connectivity index (χ3v) is 7.32. The number of piperidine rings is 2. The summed E-state index contributed by atoms with van der Waals surface area (Å²) in [5, 5.41) is 0. The topological polar surface area (TPSA) is 98.6 Å². The minimum Gasteiger partial charge on any atom is -0.497 e. The number of likely N-dealkylation sites (tertiary alicyclic amines) is 2. The molecule has 1 aromatic carbocycles. The second kappa shape index (κ2) is 8.35. The third kappa shape index (κ3) is 3.58. The summed E-state index contributed by atoms with van der Waals surface area (Å²) in [6.45, 7) is 3.36. The molecule has 0 saturated carbocycles. The predicted octanol–water partition coefficient (Wildman–Crippen LogP) is -1.70. The Labute approximate surface area is 176 Å². The van der Waals surface area contributed by atoms with Crippen LogP contribution < -0.4 is 25.2 Å². The number of nitrogens with zero attached hydrogens (tertiary/aromatic N) is 1. The van der Waals surface area contributed by atoms with Gasteiger partial charge < -0.3 is 20.3 Å². The van der Waals surface area contributed by atoms with E-state index in [1.807, 2.05) is 0 Å². The van der Waals surface area contributed by atoms with Crippen molar-refractivity contribution in [2.24, 2.45) is 5.73 Å². The molecule has 0 bridgehead atoms. The molecule has 0 aromatic heterocycles. The lowest BCUT2D eigenvalue weighted by molar-refractivity contribution is -0.978. The van der Waals surface area contributed by atoms with Crippen LogP contribution in [0.3, 0.4) is 0 Å². The summed E-state index contributed by atoms with van der Waals surface area (Å²) < 4.78 is 5.16. The fourth-order valence-electron chi connectivity index (χ4n) is 5.53. The lowest BCUT2D eigenvalue weighted by Crippen LogP contribution is -3.27.